The summed E-state index contributed by atoms with van der Waals surface area (Å²) >= 11 is 1.39. The third-order valence-corrected chi connectivity index (χ3v) is 3.34. The molecule has 92 valence electrons. The number of carboxylic acids is 1. The van der Waals surface area contributed by atoms with Gasteiger partial charge in [-0.25, -0.2) is 0 Å². The van der Waals surface area contributed by atoms with Crippen LogP contribution in [0.1, 0.15) is 6.42 Å². The van der Waals surface area contributed by atoms with Gasteiger partial charge in [0.2, 0.25) is 6.79 Å². The molecular formula is C11H12O5S. The van der Waals surface area contributed by atoms with Gasteiger partial charge < -0.3 is 19.7 Å². The van der Waals surface area contributed by atoms with Crippen LogP contribution in [0, 0.1) is 0 Å². The largest absolute Gasteiger partial charge is 0.481 e. The normalized spacial score (nSPS) is 14.6. The van der Waals surface area contributed by atoms with Crippen LogP contribution in [0.4, 0.5) is 0 Å². The van der Waals surface area contributed by atoms with Crippen LogP contribution in [-0.4, -0.2) is 34.8 Å². The molecule has 5 nitrogen and oxygen atoms in total. The van der Waals surface area contributed by atoms with Crippen LogP contribution in [0.15, 0.2) is 23.1 Å². The SMILES string of the molecule is O=C(O)CC(O)CSc1ccc2c(c1)OCO2. The number of ether oxygens (including phenoxy) is 2. The van der Waals surface area contributed by atoms with Gasteiger partial charge in [-0.2, -0.15) is 0 Å². The smallest absolute Gasteiger partial charge is 0.306 e. The maximum atomic E-state index is 10.4. The molecule has 0 bridgehead atoms. The number of hydrogen-bond acceptors (Lipinski definition) is 5. The molecule has 1 aromatic rings. The molecule has 0 aliphatic carbocycles. The van der Waals surface area contributed by atoms with Crippen molar-refractivity contribution in [1.29, 1.82) is 0 Å². The van der Waals surface area contributed by atoms with E-state index in [-0.39, 0.29) is 13.2 Å². The van der Waals surface area contributed by atoms with E-state index in [1.54, 1.807) is 6.07 Å². The van der Waals surface area contributed by atoms with Gasteiger partial charge in [0.15, 0.2) is 11.5 Å². The number of thioether (sulfide) groups is 1. The van der Waals surface area contributed by atoms with Crippen molar-refractivity contribution >= 4 is 17.7 Å². The van der Waals surface area contributed by atoms with Crippen LogP contribution >= 0.6 is 11.8 Å². The molecule has 2 N–H and O–H groups in total. The van der Waals surface area contributed by atoms with Crippen molar-refractivity contribution in [3.05, 3.63) is 18.2 Å². The van der Waals surface area contributed by atoms with E-state index in [4.69, 9.17) is 14.6 Å². The molecule has 1 atom stereocenters. The number of aliphatic carboxylic acids is 1. The number of carbonyl (C=O) groups is 1. The molecule has 0 aromatic heterocycles. The highest BCUT2D eigenvalue weighted by Crippen LogP contribution is 2.35. The van der Waals surface area contributed by atoms with Crippen LogP contribution in [0.25, 0.3) is 0 Å². The zero-order valence-corrected chi connectivity index (χ0v) is 9.77. The summed E-state index contributed by atoms with van der Waals surface area (Å²) in [6.07, 6.45) is -1.08. The van der Waals surface area contributed by atoms with Crippen molar-refractivity contribution in [1.82, 2.24) is 0 Å². The maximum absolute atomic E-state index is 10.4. The van der Waals surface area contributed by atoms with Crippen LogP contribution in [-0.2, 0) is 4.79 Å². The van der Waals surface area contributed by atoms with Crippen molar-refractivity contribution < 1.29 is 24.5 Å². The molecule has 17 heavy (non-hydrogen) atoms. The lowest BCUT2D eigenvalue weighted by molar-refractivity contribution is -0.138. The maximum Gasteiger partial charge on any atom is 0.306 e. The molecule has 0 spiro atoms. The predicted molar refractivity (Wildman–Crippen MR) is 61.5 cm³/mol. The van der Waals surface area contributed by atoms with Crippen molar-refractivity contribution in [3.63, 3.8) is 0 Å². The molecule has 0 amide bonds. The van der Waals surface area contributed by atoms with E-state index in [9.17, 15) is 9.90 Å². The second kappa shape index (κ2) is 5.29. The van der Waals surface area contributed by atoms with Crippen molar-refractivity contribution in [2.45, 2.75) is 17.4 Å². The Hall–Kier alpha value is -1.40. The number of aliphatic hydroxyl groups excluding tert-OH is 1. The molecule has 6 heteroatoms. The third-order valence-electron chi connectivity index (χ3n) is 2.20. The Kier molecular flexibility index (Phi) is 3.75. The Balaban J connectivity index is 1.89. The van der Waals surface area contributed by atoms with Crippen molar-refractivity contribution in [3.8, 4) is 11.5 Å². The highest BCUT2D eigenvalue weighted by atomic mass is 32.2. The van der Waals surface area contributed by atoms with E-state index >= 15 is 0 Å². The predicted octanol–water partition coefficient (Wildman–Crippen LogP) is 1.34. The first-order valence-corrected chi connectivity index (χ1v) is 6.06. The molecule has 0 radical (unpaired) electrons. The number of carboxylic acid groups (broad SMARTS) is 1. The number of benzene rings is 1. The van der Waals surface area contributed by atoms with Crippen LogP contribution in [0.3, 0.4) is 0 Å². The van der Waals surface area contributed by atoms with Crippen molar-refractivity contribution in [2.24, 2.45) is 0 Å². The molecule has 0 fully saturated rings. The topological polar surface area (TPSA) is 76.0 Å². The number of rotatable bonds is 5. The van der Waals surface area contributed by atoms with E-state index in [0.717, 1.165) is 4.90 Å². The molecule has 0 saturated carbocycles. The second-order valence-electron chi connectivity index (χ2n) is 3.58. The highest BCUT2D eigenvalue weighted by Gasteiger charge is 2.14. The minimum Gasteiger partial charge on any atom is -0.481 e. The average molecular weight is 256 g/mol. The Morgan fingerprint density at radius 1 is 1.41 bits per heavy atom. The van der Waals surface area contributed by atoms with Crippen LogP contribution in [0.2, 0.25) is 0 Å². The highest BCUT2D eigenvalue weighted by molar-refractivity contribution is 7.99. The molecule has 2 rings (SSSR count). The summed E-state index contributed by atoms with van der Waals surface area (Å²) in [5.74, 6) is 0.735. The summed E-state index contributed by atoms with van der Waals surface area (Å²) in [6.45, 7) is 0.227. The lowest BCUT2D eigenvalue weighted by atomic mass is 10.3. The van der Waals surface area contributed by atoms with Crippen LogP contribution < -0.4 is 9.47 Å². The van der Waals surface area contributed by atoms with Gasteiger partial charge in [0.25, 0.3) is 0 Å². The summed E-state index contributed by atoms with van der Waals surface area (Å²) in [4.78, 5) is 11.3. The van der Waals surface area contributed by atoms with Gasteiger partial charge in [0.1, 0.15) is 0 Å². The Morgan fingerprint density at radius 3 is 2.94 bits per heavy atom. The van der Waals surface area contributed by atoms with Crippen LogP contribution in [0.5, 0.6) is 11.5 Å². The van der Waals surface area contributed by atoms with E-state index in [1.807, 2.05) is 12.1 Å². The lowest BCUT2D eigenvalue weighted by Gasteiger charge is -2.07. The molecule has 1 aromatic carbocycles. The standard InChI is InChI=1S/C11H12O5S/c12-7(3-11(13)14)5-17-8-1-2-9-10(4-8)16-6-15-9/h1-2,4,7,12H,3,5-6H2,(H,13,14). The summed E-state index contributed by atoms with van der Waals surface area (Å²) in [5.41, 5.74) is 0. The Morgan fingerprint density at radius 2 is 2.18 bits per heavy atom. The number of fused-ring (bicyclic) bond motifs is 1. The summed E-state index contributed by atoms with van der Waals surface area (Å²) < 4.78 is 10.4. The first-order valence-electron chi connectivity index (χ1n) is 5.07. The lowest BCUT2D eigenvalue weighted by Crippen LogP contribution is -2.15. The summed E-state index contributed by atoms with van der Waals surface area (Å²) in [5, 5.41) is 17.9. The van der Waals surface area contributed by atoms with Gasteiger partial charge in [-0.05, 0) is 18.2 Å². The molecule has 1 aliphatic rings. The molecule has 1 unspecified atom stereocenters. The van der Waals surface area contributed by atoms with E-state index < -0.39 is 12.1 Å². The Bertz CT molecular complexity index is 420. The first kappa shape index (κ1) is 12.1. The van der Waals surface area contributed by atoms with Crippen molar-refractivity contribution in [2.75, 3.05) is 12.5 Å². The summed E-state index contributed by atoms with van der Waals surface area (Å²) in [6, 6.07) is 5.47. The molecule has 1 heterocycles. The zero-order valence-electron chi connectivity index (χ0n) is 8.96. The van der Waals surface area contributed by atoms with Gasteiger partial charge in [-0.15, -0.1) is 11.8 Å². The monoisotopic (exact) mass is 256 g/mol. The third kappa shape index (κ3) is 3.28. The fourth-order valence-corrected chi connectivity index (χ4v) is 2.28. The minimum absolute atomic E-state index is 0.227. The van der Waals surface area contributed by atoms with E-state index in [2.05, 4.69) is 0 Å². The van der Waals surface area contributed by atoms with E-state index in [1.165, 1.54) is 11.8 Å². The van der Waals surface area contributed by atoms with Gasteiger partial charge >= 0.3 is 5.97 Å². The van der Waals surface area contributed by atoms with Gasteiger partial charge in [0.05, 0.1) is 12.5 Å². The fourth-order valence-electron chi connectivity index (χ4n) is 1.42. The molecular weight excluding hydrogens is 244 g/mol. The van der Waals surface area contributed by atoms with Gasteiger partial charge in [-0.1, -0.05) is 0 Å². The van der Waals surface area contributed by atoms with Gasteiger partial charge in [-0.3, -0.25) is 4.79 Å². The number of aliphatic hydroxyl groups is 1. The van der Waals surface area contributed by atoms with E-state index in [0.29, 0.717) is 17.3 Å². The summed E-state index contributed by atoms with van der Waals surface area (Å²) in [7, 11) is 0. The molecule has 0 saturated heterocycles. The Labute approximate surface area is 102 Å². The average Bonchev–Trinajstić information content (AvgIpc) is 2.72. The second-order valence-corrected chi connectivity index (χ2v) is 4.67. The minimum atomic E-state index is -0.996. The quantitative estimate of drug-likeness (QED) is 0.774. The molecule has 1 aliphatic heterocycles. The first-order chi connectivity index (χ1) is 8.15. The fraction of sp³-hybridized carbons (Fsp3) is 0.364. The van der Waals surface area contributed by atoms with Gasteiger partial charge in [0, 0.05) is 10.6 Å². The number of hydrogen-bond donors (Lipinski definition) is 2. The zero-order chi connectivity index (χ0) is 12.3.